The molecular weight excluding hydrogens is 286 g/mol. The average molecular weight is 311 g/mol. The van der Waals surface area contributed by atoms with E-state index in [1.807, 2.05) is 13.8 Å². The molecule has 1 N–H and O–H groups in total. The van der Waals surface area contributed by atoms with Gasteiger partial charge in [0.05, 0.1) is 29.3 Å². The largest absolute Gasteiger partial charge is 0.378 e. The van der Waals surface area contributed by atoms with Gasteiger partial charge in [-0.1, -0.05) is 0 Å². The summed E-state index contributed by atoms with van der Waals surface area (Å²) in [4.78, 5) is 20.1. The third kappa shape index (κ3) is 4.02. The van der Waals surface area contributed by atoms with Crippen LogP contribution in [-0.2, 0) is 16.0 Å². The highest BCUT2D eigenvalue weighted by Crippen LogP contribution is 2.18. The maximum absolute atomic E-state index is 12.2. The number of aryl methyl sites for hydroxylation is 2. The lowest BCUT2D eigenvalue weighted by Crippen LogP contribution is -2.44. The quantitative estimate of drug-likeness (QED) is 0.896. The zero-order valence-corrected chi connectivity index (χ0v) is 14.3. The maximum Gasteiger partial charge on any atom is 0.226 e. The van der Waals surface area contributed by atoms with Crippen LogP contribution in [0.3, 0.4) is 0 Å². The van der Waals surface area contributed by atoms with Crippen LogP contribution in [0, 0.1) is 13.8 Å². The van der Waals surface area contributed by atoms with Gasteiger partial charge in [0.1, 0.15) is 0 Å². The number of thiazole rings is 1. The van der Waals surface area contributed by atoms with Gasteiger partial charge in [-0.15, -0.1) is 11.3 Å². The summed E-state index contributed by atoms with van der Waals surface area (Å²) in [6.07, 6.45) is 0.416. The number of nitrogens with zero attached hydrogens (tertiary/aromatic N) is 2. The van der Waals surface area contributed by atoms with Crippen molar-refractivity contribution < 1.29 is 9.53 Å². The minimum Gasteiger partial charge on any atom is -0.378 e. The molecular formula is C15H25N3O2S. The molecule has 5 nitrogen and oxygen atoms in total. The first kappa shape index (κ1) is 16.4. The number of amides is 1. The van der Waals surface area contributed by atoms with E-state index in [0.717, 1.165) is 28.7 Å². The van der Waals surface area contributed by atoms with Gasteiger partial charge in [0.25, 0.3) is 0 Å². The van der Waals surface area contributed by atoms with Crippen LogP contribution in [0.15, 0.2) is 0 Å². The minimum absolute atomic E-state index is 0.0288. The van der Waals surface area contributed by atoms with E-state index in [2.05, 4.69) is 29.0 Å². The van der Waals surface area contributed by atoms with E-state index in [9.17, 15) is 4.79 Å². The second-order valence-corrected chi connectivity index (χ2v) is 7.32. The molecule has 2 atom stereocenters. The smallest absolute Gasteiger partial charge is 0.226 e. The van der Waals surface area contributed by atoms with Crippen molar-refractivity contribution in [3.8, 4) is 0 Å². The Morgan fingerprint density at radius 3 is 2.71 bits per heavy atom. The molecule has 0 aliphatic carbocycles. The lowest BCUT2D eigenvalue weighted by atomic mass is 10.2. The van der Waals surface area contributed by atoms with Gasteiger partial charge in [-0.2, -0.15) is 0 Å². The number of rotatable bonds is 5. The van der Waals surface area contributed by atoms with Gasteiger partial charge in [-0.3, -0.25) is 9.69 Å². The number of hydrogen-bond donors (Lipinski definition) is 1. The van der Waals surface area contributed by atoms with Gasteiger partial charge in [-0.25, -0.2) is 4.98 Å². The lowest BCUT2D eigenvalue weighted by Gasteiger charge is -2.19. The highest BCUT2D eigenvalue weighted by Gasteiger charge is 2.34. The zero-order valence-electron chi connectivity index (χ0n) is 13.5. The van der Waals surface area contributed by atoms with Gasteiger partial charge in [0, 0.05) is 31.1 Å². The molecule has 6 heteroatoms. The predicted molar refractivity (Wildman–Crippen MR) is 84.7 cm³/mol. The molecule has 2 heterocycles. The zero-order chi connectivity index (χ0) is 15.6. The van der Waals surface area contributed by atoms with E-state index in [-0.39, 0.29) is 18.1 Å². The van der Waals surface area contributed by atoms with E-state index >= 15 is 0 Å². The Labute approximate surface area is 130 Å². The van der Waals surface area contributed by atoms with Gasteiger partial charge in [-0.05, 0) is 27.7 Å². The van der Waals surface area contributed by atoms with Crippen molar-refractivity contribution in [3.05, 3.63) is 15.6 Å². The molecule has 0 unspecified atom stereocenters. The van der Waals surface area contributed by atoms with Crippen molar-refractivity contribution >= 4 is 17.2 Å². The average Bonchev–Trinajstić information content (AvgIpc) is 2.93. The fourth-order valence-corrected chi connectivity index (χ4v) is 3.58. The Hall–Kier alpha value is -0.980. The molecule has 1 fully saturated rings. The number of likely N-dealkylation sites (tertiary alicyclic amines) is 1. The van der Waals surface area contributed by atoms with Crippen molar-refractivity contribution in [2.24, 2.45) is 0 Å². The van der Waals surface area contributed by atoms with Crippen molar-refractivity contribution in [3.63, 3.8) is 0 Å². The van der Waals surface area contributed by atoms with Crippen LogP contribution in [-0.4, -0.2) is 54.2 Å². The Kier molecular flexibility index (Phi) is 5.35. The number of carbonyl (C=O) groups is 1. The second-order valence-electron chi connectivity index (χ2n) is 5.91. The summed E-state index contributed by atoms with van der Waals surface area (Å²) >= 11 is 1.64. The van der Waals surface area contributed by atoms with Crippen molar-refractivity contribution in [2.45, 2.75) is 52.3 Å². The Bertz CT molecular complexity index is 501. The third-order valence-corrected chi connectivity index (χ3v) is 4.93. The SMILES string of the molecule is CO[C@H]1CN(C(C)C)C[C@@H]1NC(=O)Cc1nc(C)sc1C. The minimum atomic E-state index is 0.0288. The Morgan fingerprint density at radius 1 is 1.48 bits per heavy atom. The molecule has 0 aromatic carbocycles. The molecule has 1 saturated heterocycles. The van der Waals surface area contributed by atoms with Crippen molar-refractivity contribution in [1.29, 1.82) is 0 Å². The summed E-state index contributed by atoms with van der Waals surface area (Å²) in [5.41, 5.74) is 0.891. The van der Waals surface area contributed by atoms with Crippen molar-refractivity contribution in [2.75, 3.05) is 20.2 Å². The van der Waals surface area contributed by atoms with Gasteiger partial charge < -0.3 is 10.1 Å². The lowest BCUT2D eigenvalue weighted by molar-refractivity contribution is -0.121. The van der Waals surface area contributed by atoms with Crippen LogP contribution in [0.25, 0.3) is 0 Å². The molecule has 1 aromatic heterocycles. The van der Waals surface area contributed by atoms with Gasteiger partial charge in [0.15, 0.2) is 0 Å². The fraction of sp³-hybridized carbons (Fsp3) is 0.733. The van der Waals surface area contributed by atoms with Crippen LogP contribution in [0.5, 0.6) is 0 Å². The number of methoxy groups -OCH3 is 1. The third-order valence-electron chi connectivity index (χ3n) is 4.00. The Morgan fingerprint density at radius 2 is 2.19 bits per heavy atom. The summed E-state index contributed by atoms with van der Waals surface area (Å²) in [5.74, 6) is 0.0288. The van der Waals surface area contributed by atoms with Crippen LogP contribution < -0.4 is 5.32 Å². The van der Waals surface area contributed by atoms with E-state index in [4.69, 9.17) is 4.74 Å². The number of carbonyl (C=O) groups excluding carboxylic acids is 1. The molecule has 0 spiro atoms. The summed E-state index contributed by atoms with van der Waals surface area (Å²) < 4.78 is 5.51. The monoisotopic (exact) mass is 311 g/mol. The van der Waals surface area contributed by atoms with Crippen LogP contribution in [0.2, 0.25) is 0 Å². The van der Waals surface area contributed by atoms with E-state index < -0.39 is 0 Å². The van der Waals surface area contributed by atoms with E-state index in [0.29, 0.717) is 12.5 Å². The normalized spacial score (nSPS) is 23.0. The first-order valence-corrected chi connectivity index (χ1v) is 8.21. The Balaban J connectivity index is 1.94. The number of nitrogens with one attached hydrogen (secondary N) is 1. The highest BCUT2D eigenvalue weighted by molar-refractivity contribution is 7.11. The van der Waals surface area contributed by atoms with Crippen LogP contribution in [0.1, 0.15) is 29.4 Å². The number of hydrogen-bond acceptors (Lipinski definition) is 5. The maximum atomic E-state index is 12.2. The molecule has 1 aliphatic rings. The summed E-state index contributed by atoms with van der Waals surface area (Å²) in [6.45, 7) is 10.0. The van der Waals surface area contributed by atoms with E-state index in [1.165, 1.54) is 0 Å². The summed E-state index contributed by atoms with van der Waals surface area (Å²) in [5, 5.41) is 4.12. The van der Waals surface area contributed by atoms with Gasteiger partial charge in [0.2, 0.25) is 5.91 Å². The first-order chi connectivity index (χ1) is 9.90. The van der Waals surface area contributed by atoms with Crippen LogP contribution in [0.4, 0.5) is 0 Å². The molecule has 1 amide bonds. The molecule has 0 bridgehead atoms. The highest BCUT2D eigenvalue weighted by atomic mass is 32.1. The number of ether oxygens (including phenoxy) is 1. The molecule has 21 heavy (non-hydrogen) atoms. The number of aromatic nitrogens is 1. The topological polar surface area (TPSA) is 54.5 Å². The van der Waals surface area contributed by atoms with Gasteiger partial charge >= 0.3 is 0 Å². The standard InChI is InChI=1S/C15H25N3O2S/c1-9(2)18-7-13(14(8-18)20-5)17-15(19)6-12-10(3)21-11(4)16-12/h9,13-14H,6-8H2,1-5H3,(H,17,19)/t13-,14-/m0/s1. The molecule has 1 aromatic rings. The fourth-order valence-electron chi connectivity index (χ4n) is 2.75. The molecule has 0 radical (unpaired) electrons. The van der Waals surface area contributed by atoms with Crippen molar-refractivity contribution in [1.82, 2.24) is 15.2 Å². The molecule has 0 saturated carbocycles. The molecule has 1 aliphatic heterocycles. The second kappa shape index (κ2) is 6.85. The summed E-state index contributed by atoms with van der Waals surface area (Å²) in [6, 6.07) is 0.526. The predicted octanol–water partition coefficient (Wildman–Crippen LogP) is 1.53. The molecule has 2 rings (SSSR count). The summed E-state index contributed by atoms with van der Waals surface area (Å²) in [7, 11) is 1.71. The molecule has 118 valence electrons. The van der Waals surface area contributed by atoms with Crippen LogP contribution >= 0.6 is 11.3 Å². The first-order valence-electron chi connectivity index (χ1n) is 7.39. The van der Waals surface area contributed by atoms with E-state index in [1.54, 1.807) is 18.4 Å².